The van der Waals surface area contributed by atoms with Crippen LogP contribution in [0.25, 0.3) is 10.9 Å². The van der Waals surface area contributed by atoms with Gasteiger partial charge in [0.05, 0.1) is 18.5 Å². The maximum Gasteiger partial charge on any atom is 0.237 e. The zero-order valence-corrected chi connectivity index (χ0v) is 11.4. The molecule has 0 radical (unpaired) electrons. The van der Waals surface area contributed by atoms with Crippen molar-refractivity contribution in [3.63, 3.8) is 0 Å². The molecule has 1 aromatic heterocycles. The second-order valence-corrected chi connectivity index (χ2v) is 4.94. The summed E-state index contributed by atoms with van der Waals surface area (Å²) in [5, 5.41) is 12.4. The van der Waals surface area contributed by atoms with E-state index in [2.05, 4.69) is 10.3 Å². The lowest BCUT2D eigenvalue weighted by molar-refractivity contribution is -0.122. The summed E-state index contributed by atoms with van der Waals surface area (Å²) in [6.45, 7) is 1.79. The number of hydrogen-bond acceptors (Lipinski definition) is 3. The Balaban J connectivity index is 2.02. The zero-order chi connectivity index (χ0) is 14.5. The molecular formula is C15H18N4O. The van der Waals surface area contributed by atoms with Crippen LogP contribution in [0.3, 0.4) is 0 Å². The van der Waals surface area contributed by atoms with Gasteiger partial charge >= 0.3 is 0 Å². The lowest BCUT2D eigenvalue weighted by Crippen LogP contribution is -2.45. The number of carbonyl (C=O) groups is 1. The maximum absolute atomic E-state index is 11.9. The van der Waals surface area contributed by atoms with Crippen LogP contribution >= 0.6 is 0 Å². The van der Waals surface area contributed by atoms with Crippen LogP contribution in [0.15, 0.2) is 30.5 Å². The Morgan fingerprint density at radius 3 is 3.00 bits per heavy atom. The fourth-order valence-electron chi connectivity index (χ4n) is 2.17. The van der Waals surface area contributed by atoms with Crippen molar-refractivity contribution in [2.45, 2.75) is 31.8 Å². The van der Waals surface area contributed by atoms with E-state index in [4.69, 9.17) is 11.0 Å². The molecule has 0 aliphatic heterocycles. The van der Waals surface area contributed by atoms with Crippen molar-refractivity contribution < 1.29 is 4.79 Å². The van der Waals surface area contributed by atoms with Crippen LogP contribution in [-0.2, 0) is 11.2 Å². The predicted molar refractivity (Wildman–Crippen MR) is 77.8 cm³/mol. The lowest BCUT2D eigenvalue weighted by atomic mass is 10.0. The number of nitriles is 1. The molecule has 5 nitrogen and oxygen atoms in total. The van der Waals surface area contributed by atoms with E-state index >= 15 is 0 Å². The number of nitrogens with two attached hydrogens (primary N) is 1. The topological polar surface area (TPSA) is 94.7 Å². The van der Waals surface area contributed by atoms with E-state index in [-0.39, 0.29) is 18.4 Å². The molecule has 4 N–H and O–H groups in total. The Morgan fingerprint density at radius 1 is 1.50 bits per heavy atom. The number of amides is 1. The van der Waals surface area contributed by atoms with Gasteiger partial charge in [-0.05, 0) is 25.0 Å². The van der Waals surface area contributed by atoms with Crippen LogP contribution in [0.5, 0.6) is 0 Å². The molecule has 0 bridgehead atoms. The lowest BCUT2D eigenvalue weighted by Gasteiger charge is -2.15. The number of fused-ring (bicyclic) bond motifs is 1. The largest absolute Gasteiger partial charge is 0.361 e. The van der Waals surface area contributed by atoms with Crippen molar-refractivity contribution >= 4 is 16.8 Å². The van der Waals surface area contributed by atoms with Gasteiger partial charge in [-0.1, -0.05) is 18.2 Å². The highest BCUT2D eigenvalue weighted by molar-refractivity contribution is 5.86. The van der Waals surface area contributed by atoms with Crippen LogP contribution < -0.4 is 11.1 Å². The first-order valence-corrected chi connectivity index (χ1v) is 6.59. The normalized spacial score (nSPS) is 13.7. The minimum absolute atomic E-state index is 0.179. The number of nitrogens with zero attached hydrogens (tertiary/aromatic N) is 1. The quantitative estimate of drug-likeness (QED) is 0.767. The van der Waals surface area contributed by atoms with E-state index in [9.17, 15) is 4.79 Å². The standard InChI is InChI=1S/C15H18N4O/c1-10(6-7-16)19-15(20)13(17)8-11-9-18-14-5-3-2-4-12(11)14/h2-5,9-10,13,18H,6,8,17H2,1H3,(H,19,20)/t10?,13-/m1/s1. The molecule has 0 aliphatic rings. The maximum atomic E-state index is 11.9. The van der Waals surface area contributed by atoms with Crippen molar-refractivity contribution in [2.75, 3.05) is 0 Å². The van der Waals surface area contributed by atoms with E-state index in [0.29, 0.717) is 6.42 Å². The number of nitrogens with one attached hydrogen (secondary N) is 2. The third kappa shape index (κ3) is 3.16. The monoisotopic (exact) mass is 270 g/mol. The van der Waals surface area contributed by atoms with Crippen molar-refractivity contribution in [1.82, 2.24) is 10.3 Å². The number of rotatable bonds is 5. The highest BCUT2D eigenvalue weighted by atomic mass is 16.2. The molecule has 5 heteroatoms. The number of benzene rings is 1. The molecule has 0 saturated heterocycles. The Hall–Kier alpha value is -2.32. The van der Waals surface area contributed by atoms with Crippen LogP contribution in [0, 0.1) is 11.3 Å². The predicted octanol–water partition coefficient (Wildman–Crippen LogP) is 1.46. The van der Waals surface area contributed by atoms with Gasteiger partial charge < -0.3 is 16.0 Å². The molecule has 0 spiro atoms. The summed E-state index contributed by atoms with van der Waals surface area (Å²) in [6, 6.07) is 9.13. The van der Waals surface area contributed by atoms with Gasteiger partial charge in [-0.2, -0.15) is 5.26 Å². The molecule has 20 heavy (non-hydrogen) atoms. The van der Waals surface area contributed by atoms with Gasteiger partial charge in [-0.25, -0.2) is 0 Å². The van der Waals surface area contributed by atoms with Crippen molar-refractivity contribution in [3.05, 3.63) is 36.0 Å². The summed E-state index contributed by atoms with van der Waals surface area (Å²) in [5.74, 6) is -0.224. The SMILES string of the molecule is CC(CC#N)NC(=O)[C@H](N)Cc1c[nH]c2ccccc12. The van der Waals surface area contributed by atoms with Gasteiger partial charge in [0, 0.05) is 23.1 Å². The molecule has 1 unspecified atom stereocenters. The summed E-state index contributed by atoms with van der Waals surface area (Å²) >= 11 is 0. The Morgan fingerprint density at radius 2 is 2.25 bits per heavy atom. The number of aromatic amines is 1. The van der Waals surface area contributed by atoms with E-state index in [0.717, 1.165) is 16.5 Å². The third-order valence-corrected chi connectivity index (χ3v) is 3.24. The van der Waals surface area contributed by atoms with Crippen molar-refractivity contribution in [1.29, 1.82) is 5.26 Å². The van der Waals surface area contributed by atoms with Gasteiger partial charge in [0.1, 0.15) is 0 Å². The Labute approximate surface area is 117 Å². The second kappa shape index (κ2) is 6.22. The molecule has 0 saturated carbocycles. The highest BCUT2D eigenvalue weighted by Crippen LogP contribution is 2.18. The number of H-pyrrole nitrogens is 1. The molecule has 2 rings (SSSR count). The van der Waals surface area contributed by atoms with E-state index < -0.39 is 6.04 Å². The first-order chi connectivity index (χ1) is 9.61. The smallest absolute Gasteiger partial charge is 0.237 e. The number of hydrogen-bond donors (Lipinski definition) is 3. The number of para-hydroxylation sites is 1. The first-order valence-electron chi connectivity index (χ1n) is 6.59. The molecular weight excluding hydrogens is 252 g/mol. The van der Waals surface area contributed by atoms with E-state index in [1.807, 2.05) is 36.5 Å². The van der Waals surface area contributed by atoms with Gasteiger partial charge in [-0.15, -0.1) is 0 Å². The molecule has 2 aromatic rings. The summed E-state index contributed by atoms with van der Waals surface area (Å²) in [6.07, 6.45) is 2.64. The molecule has 0 aliphatic carbocycles. The Kier molecular flexibility index (Phi) is 4.38. The van der Waals surface area contributed by atoms with Crippen LogP contribution in [0.4, 0.5) is 0 Å². The fraction of sp³-hybridized carbons (Fsp3) is 0.333. The fourth-order valence-corrected chi connectivity index (χ4v) is 2.17. The average Bonchev–Trinajstić information content (AvgIpc) is 2.82. The first kappa shape index (κ1) is 14.1. The molecule has 1 amide bonds. The van der Waals surface area contributed by atoms with Crippen LogP contribution in [0.2, 0.25) is 0 Å². The highest BCUT2D eigenvalue weighted by Gasteiger charge is 2.17. The number of carbonyl (C=O) groups excluding carboxylic acids is 1. The van der Waals surface area contributed by atoms with Gasteiger partial charge in [0.25, 0.3) is 0 Å². The Bertz CT molecular complexity index is 641. The average molecular weight is 270 g/mol. The van der Waals surface area contributed by atoms with Crippen molar-refractivity contribution in [3.8, 4) is 6.07 Å². The summed E-state index contributed by atoms with van der Waals surface area (Å²) in [4.78, 5) is 15.1. The zero-order valence-electron chi connectivity index (χ0n) is 11.4. The minimum atomic E-state index is -0.615. The van der Waals surface area contributed by atoms with Gasteiger partial charge in [-0.3, -0.25) is 4.79 Å². The summed E-state index contributed by atoms with van der Waals surface area (Å²) < 4.78 is 0. The number of aromatic nitrogens is 1. The molecule has 1 aromatic carbocycles. The second-order valence-electron chi connectivity index (χ2n) is 4.94. The molecule has 2 atom stereocenters. The van der Waals surface area contributed by atoms with Crippen molar-refractivity contribution in [2.24, 2.45) is 5.73 Å². The van der Waals surface area contributed by atoms with Gasteiger partial charge in [0.15, 0.2) is 0 Å². The van der Waals surface area contributed by atoms with E-state index in [1.165, 1.54) is 0 Å². The van der Waals surface area contributed by atoms with Crippen LogP contribution in [0.1, 0.15) is 18.9 Å². The molecule has 104 valence electrons. The van der Waals surface area contributed by atoms with Crippen LogP contribution in [-0.4, -0.2) is 23.0 Å². The summed E-state index contributed by atoms with van der Waals surface area (Å²) in [7, 11) is 0. The third-order valence-electron chi connectivity index (χ3n) is 3.24. The molecule has 1 heterocycles. The minimum Gasteiger partial charge on any atom is -0.361 e. The molecule has 0 fully saturated rings. The summed E-state index contributed by atoms with van der Waals surface area (Å²) in [5.41, 5.74) is 7.99. The van der Waals surface area contributed by atoms with Gasteiger partial charge in [0.2, 0.25) is 5.91 Å². The van der Waals surface area contributed by atoms with E-state index in [1.54, 1.807) is 6.92 Å².